The highest BCUT2D eigenvalue weighted by Gasteiger charge is 2.29. The molecule has 0 bridgehead atoms. The van der Waals surface area contributed by atoms with Crippen LogP contribution in [0.5, 0.6) is 0 Å². The minimum atomic E-state index is 0.142. The van der Waals surface area contributed by atoms with E-state index >= 15 is 0 Å². The van der Waals surface area contributed by atoms with Gasteiger partial charge < -0.3 is 11.1 Å². The Bertz CT molecular complexity index is 203. The summed E-state index contributed by atoms with van der Waals surface area (Å²) in [4.78, 5) is 11.7. The van der Waals surface area contributed by atoms with Crippen molar-refractivity contribution >= 4 is 5.91 Å². The number of nitrogens with one attached hydrogen (secondary N) is 1. The fourth-order valence-electron chi connectivity index (χ4n) is 2.00. The lowest BCUT2D eigenvalue weighted by Crippen LogP contribution is -2.43. The molecule has 82 valence electrons. The van der Waals surface area contributed by atoms with Crippen molar-refractivity contribution in [3.8, 4) is 0 Å². The van der Waals surface area contributed by atoms with Crippen LogP contribution in [0, 0.1) is 11.8 Å². The Hall–Kier alpha value is -0.570. The predicted octanol–water partition coefficient (Wildman–Crippen LogP) is 1.27. The lowest BCUT2D eigenvalue weighted by Gasteiger charge is -2.31. The van der Waals surface area contributed by atoms with Crippen LogP contribution in [0.4, 0.5) is 0 Å². The Balaban J connectivity index is 2.42. The molecule has 1 aliphatic carbocycles. The number of rotatable bonds is 2. The second kappa shape index (κ2) is 4.78. The van der Waals surface area contributed by atoms with Gasteiger partial charge in [0.25, 0.3) is 0 Å². The summed E-state index contributed by atoms with van der Waals surface area (Å²) in [5, 5.41) is 2.95. The fraction of sp³-hybridized carbons (Fsp3) is 0.909. The lowest BCUT2D eigenvalue weighted by molar-refractivity contribution is -0.126. The Labute approximate surface area is 86.4 Å². The minimum absolute atomic E-state index is 0.142. The van der Waals surface area contributed by atoms with Gasteiger partial charge in [-0.2, -0.15) is 0 Å². The van der Waals surface area contributed by atoms with Crippen molar-refractivity contribution in [3.63, 3.8) is 0 Å². The molecule has 3 atom stereocenters. The van der Waals surface area contributed by atoms with Crippen molar-refractivity contribution in [1.29, 1.82) is 0 Å². The van der Waals surface area contributed by atoms with Crippen LogP contribution in [0.25, 0.3) is 0 Å². The van der Waals surface area contributed by atoms with Crippen molar-refractivity contribution in [2.24, 2.45) is 17.6 Å². The van der Waals surface area contributed by atoms with Crippen molar-refractivity contribution in [2.75, 3.05) is 0 Å². The van der Waals surface area contributed by atoms with Crippen LogP contribution in [0.15, 0.2) is 0 Å². The Kier molecular flexibility index (Phi) is 3.93. The Morgan fingerprint density at radius 1 is 1.43 bits per heavy atom. The molecule has 0 aromatic rings. The summed E-state index contributed by atoms with van der Waals surface area (Å²) in [5.74, 6) is 0.893. The smallest absolute Gasteiger partial charge is 0.223 e. The van der Waals surface area contributed by atoms with Crippen LogP contribution in [0.1, 0.15) is 40.0 Å². The first kappa shape index (κ1) is 11.5. The molecule has 1 aliphatic rings. The van der Waals surface area contributed by atoms with Gasteiger partial charge in [-0.25, -0.2) is 0 Å². The zero-order chi connectivity index (χ0) is 10.7. The molecule has 3 nitrogen and oxygen atoms in total. The molecule has 0 spiro atoms. The predicted molar refractivity (Wildman–Crippen MR) is 57.8 cm³/mol. The normalized spacial score (nSPS) is 33.1. The van der Waals surface area contributed by atoms with Crippen molar-refractivity contribution in [3.05, 3.63) is 0 Å². The van der Waals surface area contributed by atoms with Crippen LogP contribution in [-0.4, -0.2) is 18.0 Å². The maximum atomic E-state index is 11.7. The Morgan fingerprint density at radius 2 is 2.07 bits per heavy atom. The maximum absolute atomic E-state index is 11.7. The molecule has 3 unspecified atom stereocenters. The van der Waals surface area contributed by atoms with E-state index in [0.29, 0.717) is 5.92 Å². The summed E-state index contributed by atoms with van der Waals surface area (Å²) in [6, 6.07) is 0.435. The monoisotopic (exact) mass is 198 g/mol. The molecule has 3 N–H and O–H groups in total. The van der Waals surface area contributed by atoms with Crippen LogP contribution >= 0.6 is 0 Å². The SMILES string of the molecule is CC(C)NC(=O)C1CCC(C)C(N)C1. The van der Waals surface area contributed by atoms with Crippen LogP contribution in [0.2, 0.25) is 0 Å². The van der Waals surface area contributed by atoms with Gasteiger partial charge in [-0.15, -0.1) is 0 Å². The van der Waals surface area contributed by atoms with E-state index in [0.717, 1.165) is 19.3 Å². The fourth-order valence-corrected chi connectivity index (χ4v) is 2.00. The zero-order valence-corrected chi connectivity index (χ0v) is 9.42. The van der Waals surface area contributed by atoms with E-state index in [-0.39, 0.29) is 23.9 Å². The van der Waals surface area contributed by atoms with E-state index in [1.165, 1.54) is 0 Å². The number of nitrogens with two attached hydrogens (primary N) is 1. The number of amides is 1. The molecule has 1 saturated carbocycles. The van der Waals surface area contributed by atoms with Gasteiger partial charge in [-0.05, 0) is 39.0 Å². The molecule has 1 rings (SSSR count). The average Bonchev–Trinajstić information content (AvgIpc) is 2.08. The first-order valence-corrected chi connectivity index (χ1v) is 5.56. The van der Waals surface area contributed by atoms with E-state index in [1.54, 1.807) is 0 Å². The summed E-state index contributed by atoms with van der Waals surface area (Å²) >= 11 is 0. The summed E-state index contributed by atoms with van der Waals surface area (Å²) in [6.07, 6.45) is 2.92. The number of carbonyl (C=O) groups excluding carboxylic acids is 1. The number of hydrogen-bond acceptors (Lipinski definition) is 2. The first-order chi connectivity index (χ1) is 6.50. The Morgan fingerprint density at radius 3 is 2.57 bits per heavy atom. The molecule has 3 heteroatoms. The van der Waals surface area contributed by atoms with Gasteiger partial charge in [0, 0.05) is 18.0 Å². The molecule has 0 saturated heterocycles. The third-order valence-electron chi connectivity index (χ3n) is 3.06. The second-order valence-corrected chi connectivity index (χ2v) is 4.81. The van der Waals surface area contributed by atoms with E-state index in [2.05, 4.69) is 12.2 Å². The highest BCUT2D eigenvalue weighted by Crippen LogP contribution is 2.27. The van der Waals surface area contributed by atoms with Crippen molar-refractivity contribution in [2.45, 2.75) is 52.1 Å². The third-order valence-corrected chi connectivity index (χ3v) is 3.06. The van der Waals surface area contributed by atoms with Gasteiger partial charge in [0.05, 0.1) is 0 Å². The molecule has 1 amide bonds. The van der Waals surface area contributed by atoms with Gasteiger partial charge in [0.1, 0.15) is 0 Å². The third kappa shape index (κ3) is 2.98. The van der Waals surface area contributed by atoms with Crippen molar-refractivity contribution in [1.82, 2.24) is 5.32 Å². The molecular weight excluding hydrogens is 176 g/mol. The van der Waals surface area contributed by atoms with E-state index in [1.807, 2.05) is 13.8 Å². The first-order valence-electron chi connectivity index (χ1n) is 5.56. The van der Waals surface area contributed by atoms with Crippen molar-refractivity contribution < 1.29 is 4.79 Å². The quantitative estimate of drug-likeness (QED) is 0.702. The van der Waals surface area contributed by atoms with Crippen LogP contribution < -0.4 is 11.1 Å². The van der Waals surface area contributed by atoms with Gasteiger partial charge in [-0.1, -0.05) is 6.92 Å². The van der Waals surface area contributed by atoms with Gasteiger partial charge in [0.2, 0.25) is 5.91 Å². The molecule has 14 heavy (non-hydrogen) atoms. The summed E-state index contributed by atoms with van der Waals surface area (Å²) in [7, 11) is 0. The molecule has 0 radical (unpaired) electrons. The topological polar surface area (TPSA) is 55.1 Å². The average molecular weight is 198 g/mol. The molecule has 0 heterocycles. The minimum Gasteiger partial charge on any atom is -0.354 e. The summed E-state index contributed by atoms with van der Waals surface area (Å²) < 4.78 is 0. The summed E-state index contributed by atoms with van der Waals surface area (Å²) in [6.45, 7) is 6.15. The molecule has 0 aromatic heterocycles. The van der Waals surface area contributed by atoms with Crippen LogP contribution in [-0.2, 0) is 4.79 Å². The summed E-state index contributed by atoms with van der Waals surface area (Å²) in [5.41, 5.74) is 5.96. The molecule has 0 aromatic carbocycles. The van der Waals surface area contributed by atoms with Gasteiger partial charge in [0.15, 0.2) is 0 Å². The highest BCUT2D eigenvalue weighted by atomic mass is 16.1. The standard InChI is InChI=1S/C11H22N2O/c1-7(2)13-11(14)9-5-4-8(3)10(12)6-9/h7-10H,4-6,12H2,1-3H3,(H,13,14). The van der Waals surface area contributed by atoms with Gasteiger partial charge >= 0.3 is 0 Å². The number of hydrogen-bond donors (Lipinski definition) is 2. The molecular formula is C11H22N2O. The van der Waals surface area contributed by atoms with Crippen LogP contribution in [0.3, 0.4) is 0 Å². The van der Waals surface area contributed by atoms with E-state index < -0.39 is 0 Å². The lowest BCUT2D eigenvalue weighted by atomic mass is 9.79. The number of carbonyl (C=O) groups is 1. The largest absolute Gasteiger partial charge is 0.354 e. The van der Waals surface area contributed by atoms with Gasteiger partial charge in [-0.3, -0.25) is 4.79 Å². The maximum Gasteiger partial charge on any atom is 0.223 e. The van der Waals surface area contributed by atoms with E-state index in [9.17, 15) is 4.79 Å². The van der Waals surface area contributed by atoms with E-state index in [4.69, 9.17) is 5.73 Å². The molecule has 0 aliphatic heterocycles. The zero-order valence-electron chi connectivity index (χ0n) is 9.42. The second-order valence-electron chi connectivity index (χ2n) is 4.81. The highest BCUT2D eigenvalue weighted by molar-refractivity contribution is 5.79. The molecule has 1 fully saturated rings.